The van der Waals surface area contributed by atoms with Gasteiger partial charge >= 0.3 is 6.18 Å². The number of amides is 1. The fraction of sp³-hybridized carbons (Fsp3) is 0.333. The summed E-state index contributed by atoms with van der Waals surface area (Å²) < 4.78 is 37.5. The molecule has 23 heavy (non-hydrogen) atoms. The third kappa shape index (κ3) is 4.82. The summed E-state index contributed by atoms with van der Waals surface area (Å²) in [5.74, 6) is -0.934. The first-order valence-corrected chi connectivity index (χ1v) is 6.97. The van der Waals surface area contributed by atoms with Crippen molar-refractivity contribution in [1.29, 1.82) is 0 Å². The maximum absolute atomic E-state index is 12.3. The van der Waals surface area contributed by atoms with Gasteiger partial charge in [-0.05, 0) is 5.56 Å². The molecule has 2 aromatic rings. The number of aromatic nitrogens is 2. The highest BCUT2D eigenvalue weighted by Gasteiger charge is 2.28. The molecule has 3 N–H and O–H groups in total. The van der Waals surface area contributed by atoms with Crippen molar-refractivity contribution < 1.29 is 18.0 Å². The van der Waals surface area contributed by atoms with Crippen LogP contribution < -0.4 is 11.1 Å². The van der Waals surface area contributed by atoms with Gasteiger partial charge in [0.25, 0.3) is 0 Å². The molecule has 0 bridgehead atoms. The zero-order valence-corrected chi connectivity index (χ0v) is 12.4. The Morgan fingerprint density at radius 2 is 2.00 bits per heavy atom. The lowest BCUT2D eigenvalue weighted by atomic mass is 9.95. The van der Waals surface area contributed by atoms with Gasteiger partial charge in [-0.2, -0.15) is 18.3 Å². The molecule has 2 rings (SSSR count). The van der Waals surface area contributed by atoms with Crippen LogP contribution in [0.25, 0.3) is 0 Å². The lowest BCUT2D eigenvalue weighted by Gasteiger charge is -2.19. The summed E-state index contributed by atoms with van der Waals surface area (Å²) >= 11 is 0. The van der Waals surface area contributed by atoms with Crippen LogP contribution in [0.4, 0.5) is 18.9 Å². The highest BCUT2D eigenvalue weighted by atomic mass is 19.4. The minimum Gasteiger partial charge on any atom is -0.323 e. The van der Waals surface area contributed by atoms with E-state index in [-0.39, 0.29) is 11.6 Å². The number of halogens is 3. The van der Waals surface area contributed by atoms with Gasteiger partial charge in [0.15, 0.2) is 0 Å². The molecule has 1 heterocycles. The van der Waals surface area contributed by atoms with E-state index in [0.29, 0.717) is 0 Å². The molecule has 0 spiro atoms. The van der Waals surface area contributed by atoms with E-state index < -0.39 is 24.7 Å². The summed E-state index contributed by atoms with van der Waals surface area (Å²) in [6.45, 7) is 0.453. The Labute approximate surface area is 131 Å². The van der Waals surface area contributed by atoms with Gasteiger partial charge in [-0.1, -0.05) is 37.3 Å². The van der Waals surface area contributed by atoms with Crippen LogP contribution in [0.5, 0.6) is 0 Å². The van der Waals surface area contributed by atoms with Crippen molar-refractivity contribution in [3.8, 4) is 0 Å². The lowest BCUT2D eigenvalue weighted by molar-refractivity contribution is -0.142. The summed E-state index contributed by atoms with van der Waals surface area (Å²) in [6.07, 6.45) is -2.06. The molecule has 0 saturated carbocycles. The quantitative estimate of drug-likeness (QED) is 0.887. The first kappa shape index (κ1) is 17.0. The predicted octanol–water partition coefficient (Wildman–Crippen LogP) is 2.72. The molecule has 2 atom stereocenters. The molecule has 0 aliphatic heterocycles. The average Bonchev–Trinajstić information content (AvgIpc) is 2.91. The fourth-order valence-corrected chi connectivity index (χ4v) is 2.08. The number of nitrogens with one attached hydrogen (secondary N) is 1. The zero-order chi connectivity index (χ0) is 17.0. The van der Waals surface area contributed by atoms with Gasteiger partial charge in [0.1, 0.15) is 6.54 Å². The van der Waals surface area contributed by atoms with Crippen LogP contribution >= 0.6 is 0 Å². The van der Waals surface area contributed by atoms with Crippen LogP contribution in [-0.4, -0.2) is 21.9 Å². The van der Waals surface area contributed by atoms with E-state index in [9.17, 15) is 18.0 Å². The van der Waals surface area contributed by atoms with Crippen molar-refractivity contribution in [2.24, 2.45) is 11.7 Å². The Hall–Kier alpha value is -2.35. The number of nitrogens with two attached hydrogens (primary N) is 1. The molecule has 0 aliphatic carbocycles. The van der Waals surface area contributed by atoms with Gasteiger partial charge in [0, 0.05) is 12.2 Å². The summed E-state index contributed by atoms with van der Waals surface area (Å²) in [4.78, 5) is 12.2. The van der Waals surface area contributed by atoms with Crippen molar-refractivity contribution in [1.82, 2.24) is 9.78 Å². The van der Waals surface area contributed by atoms with Crippen LogP contribution in [0.15, 0.2) is 42.7 Å². The Morgan fingerprint density at radius 1 is 1.35 bits per heavy atom. The second kappa shape index (κ2) is 6.82. The van der Waals surface area contributed by atoms with Gasteiger partial charge in [0.05, 0.1) is 17.8 Å². The third-order valence-electron chi connectivity index (χ3n) is 3.38. The fourth-order valence-electron chi connectivity index (χ4n) is 2.08. The number of rotatable bonds is 5. The first-order valence-electron chi connectivity index (χ1n) is 6.97. The van der Waals surface area contributed by atoms with E-state index in [2.05, 4.69) is 10.4 Å². The number of nitrogens with zero attached hydrogens (tertiary/aromatic N) is 2. The number of benzene rings is 1. The standard InChI is InChI=1S/C15H17F3N4O/c1-10(13(19)11-5-3-2-4-6-11)14(23)21-12-7-20-22(8-12)9-15(16,17)18/h2-8,10,13H,9,19H2,1H3,(H,21,23). The molecule has 8 heteroatoms. The maximum atomic E-state index is 12.3. The van der Waals surface area contributed by atoms with E-state index in [1.165, 1.54) is 6.20 Å². The van der Waals surface area contributed by atoms with Gasteiger partial charge in [-0.25, -0.2) is 0 Å². The van der Waals surface area contributed by atoms with Gasteiger partial charge in [-0.15, -0.1) is 0 Å². The van der Waals surface area contributed by atoms with Gasteiger partial charge in [0.2, 0.25) is 5.91 Å². The summed E-state index contributed by atoms with van der Waals surface area (Å²) in [5, 5.41) is 6.10. The third-order valence-corrected chi connectivity index (χ3v) is 3.38. The van der Waals surface area contributed by atoms with Crippen LogP contribution in [0, 0.1) is 5.92 Å². The largest absolute Gasteiger partial charge is 0.408 e. The van der Waals surface area contributed by atoms with E-state index in [1.54, 1.807) is 6.92 Å². The van der Waals surface area contributed by atoms with Gasteiger partial charge < -0.3 is 11.1 Å². The number of hydrogen-bond donors (Lipinski definition) is 2. The highest BCUT2D eigenvalue weighted by Crippen LogP contribution is 2.21. The van der Waals surface area contributed by atoms with Crippen LogP contribution in [-0.2, 0) is 11.3 Å². The van der Waals surface area contributed by atoms with Crippen LogP contribution in [0.1, 0.15) is 18.5 Å². The Bertz CT molecular complexity index is 654. The number of anilines is 1. The van der Waals surface area contributed by atoms with E-state index in [1.807, 2.05) is 30.3 Å². The molecular weight excluding hydrogens is 309 g/mol. The van der Waals surface area contributed by atoms with E-state index in [0.717, 1.165) is 16.4 Å². The van der Waals surface area contributed by atoms with Crippen molar-refractivity contribution in [2.75, 3.05) is 5.32 Å². The van der Waals surface area contributed by atoms with Crippen molar-refractivity contribution >= 4 is 11.6 Å². The lowest BCUT2D eigenvalue weighted by Crippen LogP contribution is -2.30. The minimum absolute atomic E-state index is 0.200. The second-order valence-electron chi connectivity index (χ2n) is 5.26. The molecule has 0 saturated heterocycles. The molecule has 1 aromatic carbocycles. The molecule has 0 fully saturated rings. The Morgan fingerprint density at radius 3 is 2.61 bits per heavy atom. The summed E-state index contributed by atoms with van der Waals surface area (Å²) in [7, 11) is 0. The monoisotopic (exact) mass is 326 g/mol. The molecule has 1 aromatic heterocycles. The van der Waals surface area contributed by atoms with Crippen LogP contribution in [0.3, 0.4) is 0 Å². The molecule has 1 amide bonds. The maximum Gasteiger partial charge on any atom is 0.408 e. The SMILES string of the molecule is CC(C(=O)Nc1cnn(CC(F)(F)F)c1)C(N)c1ccccc1. The normalized spacial score (nSPS) is 14.3. The van der Waals surface area contributed by atoms with E-state index >= 15 is 0 Å². The Kier molecular flexibility index (Phi) is 5.05. The molecule has 0 aliphatic rings. The number of carbonyl (C=O) groups is 1. The number of carbonyl (C=O) groups excluding carboxylic acids is 1. The van der Waals surface area contributed by atoms with Crippen molar-refractivity contribution in [2.45, 2.75) is 25.7 Å². The second-order valence-corrected chi connectivity index (χ2v) is 5.26. The predicted molar refractivity (Wildman–Crippen MR) is 79.4 cm³/mol. The number of hydrogen-bond acceptors (Lipinski definition) is 3. The molecule has 2 unspecified atom stereocenters. The zero-order valence-electron chi connectivity index (χ0n) is 12.4. The highest BCUT2D eigenvalue weighted by molar-refractivity contribution is 5.92. The first-order chi connectivity index (χ1) is 10.8. The van der Waals surface area contributed by atoms with Crippen molar-refractivity contribution in [3.05, 3.63) is 48.3 Å². The summed E-state index contributed by atoms with van der Waals surface area (Å²) in [5.41, 5.74) is 7.06. The smallest absolute Gasteiger partial charge is 0.323 e. The Balaban J connectivity index is 1.99. The van der Waals surface area contributed by atoms with Gasteiger partial charge in [-0.3, -0.25) is 9.48 Å². The average molecular weight is 326 g/mol. The molecule has 124 valence electrons. The summed E-state index contributed by atoms with van der Waals surface area (Å²) in [6, 6.07) is 8.60. The molecule has 5 nitrogen and oxygen atoms in total. The topological polar surface area (TPSA) is 72.9 Å². The minimum atomic E-state index is -4.36. The van der Waals surface area contributed by atoms with E-state index in [4.69, 9.17) is 5.73 Å². The number of alkyl halides is 3. The van der Waals surface area contributed by atoms with Crippen molar-refractivity contribution in [3.63, 3.8) is 0 Å². The molecular formula is C15H17F3N4O. The van der Waals surface area contributed by atoms with Crippen LogP contribution in [0.2, 0.25) is 0 Å². The molecule has 0 radical (unpaired) electrons.